The van der Waals surface area contributed by atoms with Crippen molar-refractivity contribution in [2.24, 2.45) is 11.8 Å². The van der Waals surface area contributed by atoms with E-state index < -0.39 is 15.8 Å². The van der Waals surface area contributed by atoms with Gasteiger partial charge in [0.15, 0.2) is 0 Å². The van der Waals surface area contributed by atoms with Gasteiger partial charge in [0.1, 0.15) is 5.82 Å². The largest absolute Gasteiger partial charge is 0.349 e. The van der Waals surface area contributed by atoms with Crippen LogP contribution in [-0.2, 0) is 14.8 Å². The van der Waals surface area contributed by atoms with Crippen molar-refractivity contribution in [3.8, 4) is 0 Å². The number of carbonyl (C=O) groups excluding carboxylic acids is 1. The summed E-state index contributed by atoms with van der Waals surface area (Å²) in [4.78, 5) is 12.9. The van der Waals surface area contributed by atoms with Crippen LogP contribution in [0.3, 0.4) is 0 Å². The first-order valence-electron chi connectivity index (χ1n) is 10.1. The lowest BCUT2D eigenvalue weighted by atomic mass is 9.95. The summed E-state index contributed by atoms with van der Waals surface area (Å²) >= 11 is 0. The third-order valence-corrected chi connectivity index (χ3v) is 7.74. The fourth-order valence-corrected chi connectivity index (χ4v) is 5.42. The van der Waals surface area contributed by atoms with Crippen molar-refractivity contribution in [1.82, 2.24) is 9.62 Å². The number of amides is 1. The standard InChI is InChI=1S/C22H25FN2O3S/c23-19-8-10-20(11-9-19)29(27,28)25-14-12-18(13-15-25)22(26)24-21(17-6-7-17)16-4-2-1-3-5-16/h1-5,8-11,17-18,21H,6-7,12-15H2,(H,24,26). The van der Waals surface area contributed by atoms with Crippen LogP contribution >= 0.6 is 0 Å². The quantitative estimate of drug-likeness (QED) is 0.784. The Morgan fingerprint density at radius 1 is 0.966 bits per heavy atom. The minimum atomic E-state index is -3.66. The number of piperidine rings is 1. The molecule has 1 atom stereocenters. The molecule has 1 saturated carbocycles. The normalized spacial score (nSPS) is 19.6. The summed E-state index contributed by atoms with van der Waals surface area (Å²) < 4.78 is 40.0. The van der Waals surface area contributed by atoms with Crippen molar-refractivity contribution < 1.29 is 17.6 Å². The third-order valence-electron chi connectivity index (χ3n) is 5.83. The highest BCUT2D eigenvalue weighted by Gasteiger charge is 2.36. The molecule has 2 aromatic carbocycles. The zero-order valence-electron chi connectivity index (χ0n) is 16.1. The monoisotopic (exact) mass is 416 g/mol. The van der Waals surface area contributed by atoms with Gasteiger partial charge < -0.3 is 5.32 Å². The summed E-state index contributed by atoms with van der Waals surface area (Å²) in [7, 11) is -3.66. The number of nitrogens with one attached hydrogen (secondary N) is 1. The Morgan fingerprint density at radius 2 is 1.59 bits per heavy atom. The number of sulfonamides is 1. The number of nitrogens with zero attached hydrogens (tertiary/aromatic N) is 1. The Morgan fingerprint density at radius 3 is 2.17 bits per heavy atom. The van der Waals surface area contributed by atoms with Crippen molar-refractivity contribution in [3.05, 3.63) is 66.0 Å². The van der Waals surface area contributed by atoms with Crippen molar-refractivity contribution >= 4 is 15.9 Å². The average Bonchev–Trinajstić information content (AvgIpc) is 3.58. The van der Waals surface area contributed by atoms with E-state index in [-0.39, 0.29) is 35.9 Å². The first-order chi connectivity index (χ1) is 13.9. The van der Waals surface area contributed by atoms with Crippen LogP contribution in [0, 0.1) is 17.7 Å². The lowest BCUT2D eigenvalue weighted by Crippen LogP contribution is -2.43. The molecule has 0 bridgehead atoms. The second kappa shape index (κ2) is 8.24. The van der Waals surface area contributed by atoms with Crippen LogP contribution in [0.1, 0.15) is 37.3 Å². The first kappa shape index (κ1) is 20.0. The molecule has 4 rings (SSSR count). The second-order valence-corrected chi connectivity index (χ2v) is 9.80. The molecule has 5 nitrogen and oxygen atoms in total. The van der Waals surface area contributed by atoms with Gasteiger partial charge in [-0.05, 0) is 61.4 Å². The molecule has 2 aliphatic rings. The maximum atomic E-state index is 13.1. The van der Waals surface area contributed by atoms with E-state index >= 15 is 0 Å². The molecule has 1 amide bonds. The number of hydrogen-bond acceptors (Lipinski definition) is 3. The van der Waals surface area contributed by atoms with Crippen LogP contribution in [-0.4, -0.2) is 31.7 Å². The van der Waals surface area contributed by atoms with Crippen LogP contribution in [0.25, 0.3) is 0 Å². The van der Waals surface area contributed by atoms with E-state index in [0.717, 1.165) is 30.5 Å². The van der Waals surface area contributed by atoms with Crippen LogP contribution in [0.2, 0.25) is 0 Å². The number of carbonyl (C=O) groups is 1. The van der Waals surface area contributed by atoms with Crippen molar-refractivity contribution in [2.45, 2.75) is 36.6 Å². The molecule has 2 fully saturated rings. The van der Waals surface area contributed by atoms with Gasteiger partial charge >= 0.3 is 0 Å². The molecule has 1 unspecified atom stereocenters. The molecular weight excluding hydrogens is 391 g/mol. The molecule has 1 aliphatic carbocycles. The molecule has 1 N–H and O–H groups in total. The Labute approximate surface area is 171 Å². The number of rotatable bonds is 6. The number of hydrogen-bond donors (Lipinski definition) is 1. The van der Waals surface area contributed by atoms with Crippen LogP contribution < -0.4 is 5.32 Å². The predicted molar refractivity (Wildman–Crippen MR) is 108 cm³/mol. The molecule has 1 heterocycles. The van der Waals surface area contributed by atoms with E-state index in [0.29, 0.717) is 18.8 Å². The van der Waals surface area contributed by atoms with Gasteiger partial charge in [-0.15, -0.1) is 0 Å². The fourth-order valence-electron chi connectivity index (χ4n) is 3.95. The first-order valence-corrected chi connectivity index (χ1v) is 11.5. The molecule has 7 heteroatoms. The second-order valence-electron chi connectivity index (χ2n) is 7.87. The van der Waals surface area contributed by atoms with E-state index in [1.165, 1.54) is 16.4 Å². The lowest BCUT2D eigenvalue weighted by molar-refractivity contribution is -0.127. The summed E-state index contributed by atoms with van der Waals surface area (Å²) in [6.07, 6.45) is 3.21. The molecule has 0 aromatic heterocycles. The van der Waals surface area contributed by atoms with Crippen molar-refractivity contribution in [1.29, 1.82) is 0 Å². The predicted octanol–water partition coefficient (Wildman–Crippen LogP) is 3.49. The van der Waals surface area contributed by atoms with E-state index in [9.17, 15) is 17.6 Å². The molecule has 29 heavy (non-hydrogen) atoms. The lowest BCUT2D eigenvalue weighted by Gasteiger charge is -2.31. The van der Waals surface area contributed by atoms with Crippen LogP contribution in [0.15, 0.2) is 59.5 Å². The SMILES string of the molecule is O=C(NC(c1ccccc1)C1CC1)C1CCN(S(=O)(=O)c2ccc(F)cc2)CC1. The van der Waals surface area contributed by atoms with Gasteiger partial charge in [0.05, 0.1) is 10.9 Å². The van der Waals surface area contributed by atoms with Crippen LogP contribution in [0.5, 0.6) is 0 Å². The summed E-state index contributed by atoms with van der Waals surface area (Å²) in [5.41, 5.74) is 1.12. The van der Waals surface area contributed by atoms with E-state index in [4.69, 9.17) is 0 Å². The van der Waals surface area contributed by atoms with Gasteiger partial charge in [-0.1, -0.05) is 30.3 Å². The van der Waals surface area contributed by atoms with Gasteiger partial charge in [0.25, 0.3) is 0 Å². The zero-order chi connectivity index (χ0) is 20.4. The molecule has 0 radical (unpaired) electrons. The van der Waals surface area contributed by atoms with Gasteiger partial charge in [0.2, 0.25) is 15.9 Å². The molecule has 2 aromatic rings. The highest BCUT2D eigenvalue weighted by atomic mass is 32.2. The van der Waals surface area contributed by atoms with Gasteiger partial charge in [-0.25, -0.2) is 12.8 Å². The number of halogens is 1. The maximum Gasteiger partial charge on any atom is 0.243 e. The van der Waals surface area contributed by atoms with Gasteiger partial charge in [-0.3, -0.25) is 4.79 Å². The third kappa shape index (κ3) is 4.51. The minimum Gasteiger partial charge on any atom is -0.349 e. The summed E-state index contributed by atoms with van der Waals surface area (Å²) in [6, 6.07) is 14.9. The molecule has 1 aliphatic heterocycles. The molecule has 0 spiro atoms. The van der Waals surface area contributed by atoms with Crippen molar-refractivity contribution in [2.75, 3.05) is 13.1 Å². The minimum absolute atomic E-state index is 0.00424. The van der Waals surface area contributed by atoms with E-state index in [2.05, 4.69) is 5.32 Å². The fraction of sp³-hybridized carbons (Fsp3) is 0.409. The topological polar surface area (TPSA) is 66.5 Å². The summed E-state index contributed by atoms with van der Waals surface area (Å²) in [5, 5.41) is 3.21. The number of benzene rings is 2. The van der Waals surface area contributed by atoms with E-state index in [1.807, 2.05) is 30.3 Å². The van der Waals surface area contributed by atoms with E-state index in [1.54, 1.807) is 0 Å². The highest BCUT2D eigenvalue weighted by Crippen LogP contribution is 2.41. The molecular formula is C22H25FN2O3S. The Kier molecular flexibility index (Phi) is 5.69. The molecule has 154 valence electrons. The van der Waals surface area contributed by atoms with Crippen LogP contribution in [0.4, 0.5) is 4.39 Å². The summed E-state index contributed by atoms with van der Waals surface area (Å²) in [6.45, 7) is 0.578. The highest BCUT2D eigenvalue weighted by molar-refractivity contribution is 7.89. The Bertz CT molecular complexity index is 951. The Balaban J connectivity index is 1.37. The van der Waals surface area contributed by atoms with Gasteiger partial charge in [-0.2, -0.15) is 4.31 Å². The smallest absolute Gasteiger partial charge is 0.243 e. The molecule has 1 saturated heterocycles. The van der Waals surface area contributed by atoms with Crippen molar-refractivity contribution in [3.63, 3.8) is 0 Å². The average molecular weight is 417 g/mol. The maximum absolute atomic E-state index is 13.1. The Hall–Kier alpha value is -2.25. The van der Waals surface area contributed by atoms with Gasteiger partial charge in [0, 0.05) is 19.0 Å². The zero-order valence-corrected chi connectivity index (χ0v) is 16.9. The summed E-state index contributed by atoms with van der Waals surface area (Å²) in [5.74, 6) is -0.174.